The van der Waals surface area contributed by atoms with E-state index in [4.69, 9.17) is 5.73 Å². The van der Waals surface area contributed by atoms with Crippen molar-refractivity contribution in [2.24, 2.45) is 0 Å². The van der Waals surface area contributed by atoms with E-state index in [9.17, 15) is 10.2 Å². The van der Waals surface area contributed by atoms with Gasteiger partial charge >= 0.3 is 0 Å². The number of H-pyrrole nitrogens is 1. The van der Waals surface area contributed by atoms with Gasteiger partial charge in [-0.2, -0.15) is 0 Å². The van der Waals surface area contributed by atoms with Crippen molar-refractivity contribution in [3.05, 3.63) is 18.1 Å². The fourth-order valence-electron chi connectivity index (χ4n) is 2.35. The van der Waals surface area contributed by atoms with Crippen LogP contribution in [0.5, 0.6) is 0 Å². The molecule has 0 amide bonds. The number of aliphatic hydroxyl groups excluding tert-OH is 2. The average Bonchev–Trinajstić information content (AvgIpc) is 2.86. The molecule has 5 N–H and O–H groups in total. The molecular formula is C11H15N5O2. The van der Waals surface area contributed by atoms with Crippen LogP contribution >= 0.6 is 0 Å². The van der Waals surface area contributed by atoms with Crippen LogP contribution in [0.2, 0.25) is 0 Å². The Hall–Kier alpha value is -1.70. The SMILES string of the molecule is Nc1ncnc2c(CN3C[C@@H](O)[C@@H](O)C3)c[nH]c12. The van der Waals surface area contributed by atoms with Gasteiger partial charge in [-0.25, -0.2) is 9.97 Å². The summed E-state index contributed by atoms with van der Waals surface area (Å²) in [5, 5.41) is 19.0. The zero-order chi connectivity index (χ0) is 12.7. The van der Waals surface area contributed by atoms with Crippen LogP contribution in [-0.4, -0.2) is 55.4 Å². The Bertz CT molecular complexity index is 560. The van der Waals surface area contributed by atoms with Crippen LogP contribution in [0.1, 0.15) is 5.56 Å². The van der Waals surface area contributed by atoms with Gasteiger partial charge in [0.05, 0.1) is 17.7 Å². The Kier molecular flexibility index (Phi) is 2.66. The van der Waals surface area contributed by atoms with Crippen molar-refractivity contribution in [3.8, 4) is 0 Å². The molecule has 2 aromatic heterocycles. The first-order valence-electron chi connectivity index (χ1n) is 5.80. The van der Waals surface area contributed by atoms with E-state index in [0.717, 1.165) is 16.6 Å². The van der Waals surface area contributed by atoms with Gasteiger partial charge in [0.1, 0.15) is 11.8 Å². The van der Waals surface area contributed by atoms with E-state index < -0.39 is 12.2 Å². The third kappa shape index (κ3) is 1.82. The van der Waals surface area contributed by atoms with E-state index in [1.807, 2.05) is 11.1 Å². The fourth-order valence-corrected chi connectivity index (χ4v) is 2.35. The standard InChI is InChI=1S/C11H15N5O2/c12-11-10-9(14-5-15-11)6(1-13-10)2-16-3-7(17)8(18)4-16/h1,5,7-8,13,17-18H,2-4H2,(H2,12,14,15)/t7-,8+. The van der Waals surface area contributed by atoms with Gasteiger partial charge in [-0.15, -0.1) is 0 Å². The predicted octanol–water partition coefficient (Wildman–Crippen LogP) is -0.923. The topological polar surface area (TPSA) is 111 Å². The molecule has 0 spiro atoms. The molecule has 0 bridgehead atoms. The number of nitrogens with zero attached hydrogens (tertiary/aromatic N) is 3. The molecule has 0 aliphatic carbocycles. The molecule has 1 fully saturated rings. The van der Waals surface area contributed by atoms with Gasteiger partial charge in [-0.1, -0.05) is 0 Å². The minimum atomic E-state index is -0.671. The lowest BCUT2D eigenvalue weighted by molar-refractivity contribution is 0.0572. The molecule has 7 heteroatoms. The Morgan fingerprint density at radius 2 is 2.06 bits per heavy atom. The Morgan fingerprint density at radius 3 is 2.78 bits per heavy atom. The summed E-state index contributed by atoms with van der Waals surface area (Å²) in [5.74, 6) is 0.424. The van der Waals surface area contributed by atoms with Crippen LogP contribution < -0.4 is 5.73 Å². The van der Waals surface area contributed by atoms with E-state index in [2.05, 4.69) is 15.0 Å². The van der Waals surface area contributed by atoms with Gasteiger partial charge in [-0.3, -0.25) is 4.90 Å². The lowest BCUT2D eigenvalue weighted by Crippen LogP contribution is -2.22. The zero-order valence-corrected chi connectivity index (χ0v) is 9.74. The molecule has 1 aliphatic rings. The number of nitrogen functional groups attached to an aromatic ring is 1. The Morgan fingerprint density at radius 1 is 1.33 bits per heavy atom. The summed E-state index contributed by atoms with van der Waals surface area (Å²) in [5.41, 5.74) is 8.25. The lowest BCUT2D eigenvalue weighted by atomic mass is 10.2. The Balaban J connectivity index is 1.85. The number of likely N-dealkylation sites (tertiary alicyclic amines) is 1. The highest BCUT2D eigenvalue weighted by Gasteiger charge is 2.29. The number of aromatic amines is 1. The largest absolute Gasteiger partial charge is 0.389 e. The minimum Gasteiger partial charge on any atom is -0.389 e. The molecule has 18 heavy (non-hydrogen) atoms. The number of β-amino-alcohol motifs (C(OH)–C–C–N with tert-alkyl or cyclic N) is 2. The molecule has 1 aliphatic heterocycles. The molecule has 0 unspecified atom stereocenters. The van der Waals surface area contributed by atoms with Crippen molar-refractivity contribution < 1.29 is 10.2 Å². The normalized spacial score (nSPS) is 25.0. The van der Waals surface area contributed by atoms with Gasteiger partial charge in [0.15, 0.2) is 5.82 Å². The monoisotopic (exact) mass is 249 g/mol. The van der Waals surface area contributed by atoms with E-state index in [-0.39, 0.29) is 0 Å². The van der Waals surface area contributed by atoms with Gasteiger partial charge in [0.25, 0.3) is 0 Å². The molecule has 0 saturated carbocycles. The number of aliphatic hydroxyl groups is 2. The van der Waals surface area contributed by atoms with E-state index >= 15 is 0 Å². The molecule has 3 rings (SSSR count). The predicted molar refractivity (Wildman–Crippen MR) is 65.6 cm³/mol. The number of nitrogens with one attached hydrogen (secondary N) is 1. The van der Waals surface area contributed by atoms with Crippen LogP contribution in [0, 0.1) is 0 Å². The highest BCUT2D eigenvalue weighted by molar-refractivity contribution is 5.86. The fraction of sp³-hybridized carbons (Fsp3) is 0.455. The van der Waals surface area contributed by atoms with Crippen LogP contribution in [-0.2, 0) is 6.54 Å². The van der Waals surface area contributed by atoms with Gasteiger partial charge < -0.3 is 20.9 Å². The molecule has 7 nitrogen and oxygen atoms in total. The van der Waals surface area contributed by atoms with Crippen molar-refractivity contribution in [3.63, 3.8) is 0 Å². The highest BCUT2D eigenvalue weighted by atomic mass is 16.3. The maximum Gasteiger partial charge on any atom is 0.151 e. The summed E-state index contributed by atoms with van der Waals surface area (Å²) in [6, 6.07) is 0. The summed E-state index contributed by atoms with van der Waals surface area (Å²) in [6.07, 6.45) is 1.93. The second-order valence-electron chi connectivity index (χ2n) is 4.63. The van der Waals surface area contributed by atoms with Crippen molar-refractivity contribution >= 4 is 16.9 Å². The number of hydrogen-bond acceptors (Lipinski definition) is 6. The number of fused-ring (bicyclic) bond motifs is 1. The van der Waals surface area contributed by atoms with Crippen molar-refractivity contribution in [1.82, 2.24) is 19.9 Å². The maximum atomic E-state index is 9.51. The van der Waals surface area contributed by atoms with Gasteiger partial charge in [0.2, 0.25) is 0 Å². The second kappa shape index (κ2) is 4.20. The molecule has 0 aromatic carbocycles. The van der Waals surface area contributed by atoms with Crippen molar-refractivity contribution in [2.75, 3.05) is 18.8 Å². The van der Waals surface area contributed by atoms with E-state index in [0.29, 0.717) is 25.5 Å². The quantitative estimate of drug-likeness (QED) is 0.547. The van der Waals surface area contributed by atoms with Crippen molar-refractivity contribution in [2.45, 2.75) is 18.8 Å². The minimum absolute atomic E-state index is 0.424. The first-order valence-corrected chi connectivity index (χ1v) is 5.80. The van der Waals surface area contributed by atoms with Gasteiger partial charge in [-0.05, 0) is 0 Å². The molecule has 96 valence electrons. The molecule has 2 aromatic rings. The summed E-state index contributed by atoms with van der Waals surface area (Å²) >= 11 is 0. The van der Waals surface area contributed by atoms with Crippen LogP contribution in [0.3, 0.4) is 0 Å². The number of nitrogens with two attached hydrogens (primary N) is 1. The van der Waals surface area contributed by atoms with Crippen molar-refractivity contribution in [1.29, 1.82) is 0 Å². The zero-order valence-electron chi connectivity index (χ0n) is 9.74. The Labute approximate surface area is 103 Å². The van der Waals surface area contributed by atoms with E-state index in [1.165, 1.54) is 6.33 Å². The second-order valence-corrected chi connectivity index (χ2v) is 4.63. The first-order chi connectivity index (χ1) is 8.65. The van der Waals surface area contributed by atoms with Crippen LogP contribution in [0.15, 0.2) is 12.5 Å². The summed E-state index contributed by atoms with van der Waals surface area (Å²) in [6.45, 7) is 1.55. The maximum absolute atomic E-state index is 9.51. The van der Waals surface area contributed by atoms with Gasteiger partial charge in [0, 0.05) is 31.4 Å². The molecule has 3 heterocycles. The highest BCUT2D eigenvalue weighted by Crippen LogP contribution is 2.22. The third-order valence-electron chi connectivity index (χ3n) is 3.30. The first kappa shape index (κ1) is 11.4. The summed E-state index contributed by atoms with van der Waals surface area (Å²) < 4.78 is 0. The molecule has 2 atom stereocenters. The van der Waals surface area contributed by atoms with Crippen LogP contribution in [0.25, 0.3) is 11.0 Å². The molecule has 1 saturated heterocycles. The third-order valence-corrected chi connectivity index (χ3v) is 3.30. The summed E-state index contributed by atoms with van der Waals surface area (Å²) in [7, 11) is 0. The number of rotatable bonds is 2. The number of anilines is 1. The average molecular weight is 249 g/mol. The van der Waals surface area contributed by atoms with Crippen LogP contribution in [0.4, 0.5) is 5.82 Å². The summed E-state index contributed by atoms with van der Waals surface area (Å²) in [4.78, 5) is 13.2. The number of hydrogen-bond donors (Lipinski definition) is 4. The molecular weight excluding hydrogens is 234 g/mol. The molecule has 0 radical (unpaired) electrons. The smallest absolute Gasteiger partial charge is 0.151 e. The lowest BCUT2D eigenvalue weighted by Gasteiger charge is -2.13. The van der Waals surface area contributed by atoms with E-state index in [1.54, 1.807) is 0 Å². The number of aromatic nitrogens is 3.